The van der Waals surface area contributed by atoms with Gasteiger partial charge in [0.25, 0.3) is 5.91 Å². The third-order valence-electron chi connectivity index (χ3n) is 5.99. The van der Waals surface area contributed by atoms with Crippen molar-refractivity contribution < 1.29 is 19.4 Å². The first-order chi connectivity index (χ1) is 18.9. The molecule has 0 radical (unpaired) electrons. The van der Waals surface area contributed by atoms with Gasteiger partial charge in [-0.1, -0.05) is 18.2 Å². The number of imidazole rings is 1. The van der Waals surface area contributed by atoms with Crippen LogP contribution in [0.25, 0.3) is 22.4 Å². The fraction of sp³-hybridized carbons (Fsp3) is 0.0667. The summed E-state index contributed by atoms with van der Waals surface area (Å²) in [5, 5.41) is 11.9. The first kappa shape index (κ1) is 25.9. The van der Waals surface area contributed by atoms with Crippen LogP contribution in [0, 0.1) is 0 Å². The SMILES string of the molecule is COc1ccc(C(=O)Nc2ccc(C=Nc3ccc(-c4nc5ccc(CC(=O)O)cc5[nH]4)cc3)cc2)cc1Br. The first-order valence-electron chi connectivity index (χ1n) is 12.0. The first-order valence-corrected chi connectivity index (χ1v) is 12.8. The molecule has 0 aliphatic rings. The van der Waals surface area contributed by atoms with Gasteiger partial charge in [-0.05, 0) is 93.8 Å². The number of carboxylic acids is 1. The lowest BCUT2D eigenvalue weighted by molar-refractivity contribution is -0.136. The molecule has 0 spiro atoms. The molecule has 39 heavy (non-hydrogen) atoms. The van der Waals surface area contributed by atoms with Crippen LogP contribution < -0.4 is 10.1 Å². The molecule has 0 fully saturated rings. The average molecular weight is 583 g/mol. The van der Waals surface area contributed by atoms with E-state index in [2.05, 4.69) is 36.2 Å². The number of carbonyl (C=O) groups is 2. The number of hydrogen-bond donors (Lipinski definition) is 3. The second kappa shape index (κ2) is 11.3. The normalized spacial score (nSPS) is 11.1. The highest BCUT2D eigenvalue weighted by molar-refractivity contribution is 9.10. The van der Waals surface area contributed by atoms with Crippen molar-refractivity contribution in [3.05, 3.63) is 106 Å². The van der Waals surface area contributed by atoms with Gasteiger partial charge in [0.05, 0.1) is 34.7 Å². The molecule has 0 aliphatic heterocycles. The van der Waals surface area contributed by atoms with E-state index >= 15 is 0 Å². The Kier molecular flexibility index (Phi) is 7.51. The van der Waals surface area contributed by atoms with Crippen LogP contribution >= 0.6 is 15.9 Å². The van der Waals surface area contributed by atoms with E-state index in [9.17, 15) is 9.59 Å². The van der Waals surface area contributed by atoms with E-state index < -0.39 is 5.97 Å². The second-order valence-electron chi connectivity index (χ2n) is 8.74. The zero-order valence-electron chi connectivity index (χ0n) is 20.8. The van der Waals surface area contributed by atoms with Gasteiger partial charge in [-0.3, -0.25) is 14.6 Å². The summed E-state index contributed by atoms with van der Waals surface area (Å²) in [4.78, 5) is 36.0. The summed E-state index contributed by atoms with van der Waals surface area (Å²) in [5.74, 6) is 0.274. The van der Waals surface area contributed by atoms with E-state index in [0.717, 1.165) is 33.4 Å². The lowest BCUT2D eigenvalue weighted by Crippen LogP contribution is -2.11. The van der Waals surface area contributed by atoms with Gasteiger partial charge in [0.15, 0.2) is 0 Å². The number of amides is 1. The van der Waals surface area contributed by atoms with Crippen molar-refractivity contribution in [1.29, 1.82) is 0 Å². The molecule has 4 aromatic carbocycles. The van der Waals surface area contributed by atoms with Crippen LogP contribution in [0.2, 0.25) is 0 Å². The van der Waals surface area contributed by atoms with Gasteiger partial charge in [-0.25, -0.2) is 4.98 Å². The molecule has 1 aromatic heterocycles. The Balaban J connectivity index is 1.22. The van der Waals surface area contributed by atoms with Crippen LogP contribution in [0.3, 0.4) is 0 Å². The number of aliphatic carboxylic acids is 1. The minimum atomic E-state index is -0.869. The maximum Gasteiger partial charge on any atom is 0.307 e. The highest BCUT2D eigenvalue weighted by Crippen LogP contribution is 2.26. The number of benzene rings is 4. The van der Waals surface area contributed by atoms with Crippen LogP contribution in [0.1, 0.15) is 21.5 Å². The van der Waals surface area contributed by atoms with Crippen molar-refractivity contribution >= 4 is 56.4 Å². The largest absolute Gasteiger partial charge is 0.496 e. The molecule has 5 aromatic rings. The van der Waals surface area contributed by atoms with E-state index in [1.54, 1.807) is 37.6 Å². The number of anilines is 1. The van der Waals surface area contributed by atoms with Gasteiger partial charge < -0.3 is 20.1 Å². The summed E-state index contributed by atoms with van der Waals surface area (Å²) < 4.78 is 5.92. The lowest BCUT2D eigenvalue weighted by atomic mass is 10.1. The molecule has 0 unspecified atom stereocenters. The molecule has 0 saturated heterocycles. The monoisotopic (exact) mass is 582 g/mol. The summed E-state index contributed by atoms with van der Waals surface area (Å²) in [7, 11) is 1.57. The standard InChI is InChI=1S/C30H23BrN4O4/c1-39-27-13-7-21(16-24(27)31)30(38)33-23-8-2-18(3-9-23)17-32-22-10-5-20(6-11-22)29-34-25-12-4-19(15-28(36)37)14-26(25)35-29/h2-14,16-17H,15H2,1H3,(H,33,38)(H,34,35)(H,36,37). The Bertz CT molecular complexity index is 1690. The molecule has 0 atom stereocenters. The molecule has 1 heterocycles. The Morgan fingerprint density at radius 3 is 2.49 bits per heavy atom. The van der Waals surface area contributed by atoms with Gasteiger partial charge in [0, 0.05) is 23.0 Å². The third kappa shape index (κ3) is 6.22. The van der Waals surface area contributed by atoms with E-state index in [1.807, 2.05) is 60.7 Å². The molecule has 9 heteroatoms. The number of carbonyl (C=O) groups excluding carboxylic acids is 1. The number of aliphatic imine (C=N–C) groups is 1. The highest BCUT2D eigenvalue weighted by Gasteiger charge is 2.10. The van der Waals surface area contributed by atoms with Crippen LogP contribution in [0.5, 0.6) is 5.75 Å². The van der Waals surface area contributed by atoms with E-state index in [-0.39, 0.29) is 12.3 Å². The number of nitrogens with zero attached hydrogens (tertiary/aromatic N) is 2. The van der Waals surface area contributed by atoms with Crippen molar-refractivity contribution in [3.63, 3.8) is 0 Å². The second-order valence-corrected chi connectivity index (χ2v) is 9.59. The minimum Gasteiger partial charge on any atom is -0.496 e. The highest BCUT2D eigenvalue weighted by atomic mass is 79.9. The minimum absolute atomic E-state index is 0.0315. The molecule has 3 N–H and O–H groups in total. The summed E-state index contributed by atoms with van der Waals surface area (Å²) in [6.45, 7) is 0. The molecule has 194 valence electrons. The van der Waals surface area contributed by atoms with Crippen LogP contribution in [0.15, 0.2) is 94.4 Å². The third-order valence-corrected chi connectivity index (χ3v) is 6.61. The molecule has 5 rings (SSSR count). The summed E-state index contributed by atoms with van der Waals surface area (Å²) in [6.07, 6.45) is 1.72. The number of H-pyrrole nitrogens is 1. The number of halogens is 1. The van der Waals surface area contributed by atoms with Crippen molar-refractivity contribution in [3.8, 4) is 17.1 Å². The molecule has 0 aliphatic carbocycles. The topological polar surface area (TPSA) is 117 Å². The number of ether oxygens (including phenoxy) is 1. The van der Waals surface area contributed by atoms with E-state index in [1.165, 1.54) is 0 Å². The number of fused-ring (bicyclic) bond motifs is 1. The Morgan fingerprint density at radius 1 is 1.03 bits per heavy atom. The summed E-state index contributed by atoms with van der Waals surface area (Å²) in [6, 6.07) is 25.6. The summed E-state index contributed by atoms with van der Waals surface area (Å²) >= 11 is 3.40. The van der Waals surface area contributed by atoms with E-state index in [0.29, 0.717) is 27.3 Å². The quantitative estimate of drug-likeness (QED) is 0.177. The predicted octanol–water partition coefficient (Wildman–Crippen LogP) is 6.63. The molecule has 0 bridgehead atoms. The Labute approximate surface area is 232 Å². The Hall–Kier alpha value is -4.76. The number of rotatable bonds is 8. The number of hydrogen-bond acceptors (Lipinski definition) is 5. The number of methoxy groups -OCH3 is 1. The van der Waals surface area contributed by atoms with Crippen molar-refractivity contribution in [2.75, 3.05) is 12.4 Å². The van der Waals surface area contributed by atoms with Crippen LogP contribution in [-0.4, -0.2) is 40.3 Å². The van der Waals surface area contributed by atoms with Crippen molar-refractivity contribution in [2.45, 2.75) is 6.42 Å². The van der Waals surface area contributed by atoms with Crippen LogP contribution in [-0.2, 0) is 11.2 Å². The fourth-order valence-electron chi connectivity index (χ4n) is 4.00. The van der Waals surface area contributed by atoms with Gasteiger partial charge >= 0.3 is 5.97 Å². The van der Waals surface area contributed by atoms with Gasteiger partial charge in [0.2, 0.25) is 0 Å². The molecular formula is C30H23BrN4O4. The fourth-order valence-corrected chi connectivity index (χ4v) is 4.54. The van der Waals surface area contributed by atoms with Crippen molar-refractivity contribution in [1.82, 2.24) is 9.97 Å². The number of aromatic amines is 1. The molecule has 1 amide bonds. The predicted molar refractivity (Wildman–Crippen MR) is 155 cm³/mol. The summed E-state index contributed by atoms with van der Waals surface area (Å²) in [5.41, 5.74) is 6.04. The van der Waals surface area contributed by atoms with Crippen molar-refractivity contribution in [2.24, 2.45) is 4.99 Å². The lowest BCUT2D eigenvalue weighted by Gasteiger charge is -2.08. The zero-order chi connectivity index (χ0) is 27.4. The van der Waals surface area contributed by atoms with Crippen LogP contribution in [0.4, 0.5) is 11.4 Å². The molecule has 8 nitrogen and oxygen atoms in total. The Morgan fingerprint density at radius 2 is 1.79 bits per heavy atom. The van der Waals surface area contributed by atoms with Gasteiger partial charge in [-0.15, -0.1) is 0 Å². The van der Waals surface area contributed by atoms with Gasteiger partial charge in [-0.2, -0.15) is 0 Å². The number of aromatic nitrogens is 2. The molecular weight excluding hydrogens is 560 g/mol. The smallest absolute Gasteiger partial charge is 0.307 e. The number of nitrogens with one attached hydrogen (secondary N) is 2. The number of carboxylic acid groups (broad SMARTS) is 1. The average Bonchev–Trinajstić information content (AvgIpc) is 3.36. The zero-order valence-corrected chi connectivity index (χ0v) is 22.4. The molecule has 0 saturated carbocycles. The van der Waals surface area contributed by atoms with E-state index in [4.69, 9.17) is 9.84 Å². The maximum atomic E-state index is 12.6. The van der Waals surface area contributed by atoms with Gasteiger partial charge in [0.1, 0.15) is 11.6 Å². The maximum absolute atomic E-state index is 12.6.